The van der Waals surface area contributed by atoms with Gasteiger partial charge in [-0.15, -0.1) is 11.6 Å². The van der Waals surface area contributed by atoms with Gasteiger partial charge in [0, 0.05) is 6.66 Å². The van der Waals surface area contributed by atoms with E-state index >= 15 is 0 Å². The molecule has 0 saturated carbocycles. The predicted octanol–water partition coefficient (Wildman–Crippen LogP) is -0.144. The van der Waals surface area contributed by atoms with Gasteiger partial charge in [-0.3, -0.25) is 23.4 Å². The fraction of sp³-hybridized carbons (Fsp3) is 0.583. The number of phosphoric acid groups is 1. The lowest BCUT2D eigenvalue weighted by atomic mass is 9.99. The summed E-state index contributed by atoms with van der Waals surface area (Å²) in [5.41, 5.74) is 2.41. The lowest BCUT2D eigenvalue weighted by Gasteiger charge is -2.29. The van der Waals surface area contributed by atoms with Crippen LogP contribution in [0.4, 0.5) is 10.3 Å². The van der Waals surface area contributed by atoms with E-state index in [4.69, 9.17) is 27.0 Å². The number of nitrogens with one attached hydrogen (secondary N) is 1. The van der Waals surface area contributed by atoms with Gasteiger partial charge in [-0.05, 0) is 0 Å². The number of imidazole rings is 1. The molecule has 2 unspecified atom stereocenters. The number of aliphatic hydroxyl groups excluding tert-OH is 1. The zero-order chi connectivity index (χ0) is 22.5. The standard InChI is InChI=1S/C12H17ClFN5O9P2/c1-29(22,23)28-30(24,25)26-3-12(2-13)7(20)5(14)10(27-12)19-4-16-6-8(19)17-11(15)18-9(6)21/h4-5,7,10,20H,2-3H2,1H3,(H,22,23)(H,24,25)(H3,15,17,18,21)/t5-,7+,10-,12-/m1/s1. The van der Waals surface area contributed by atoms with E-state index in [1.165, 1.54) is 0 Å². The van der Waals surface area contributed by atoms with Gasteiger partial charge < -0.3 is 25.4 Å². The fourth-order valence-corrected chi connectivity index (χ4v) is 5.24. The Labute approximate surface area is 171 Å². The smallest absolute Gasteiger partial charge is 0.387 e. The number of hydrogen-bond donors (Lipinski definition) is 5. The third-order valence-corrected chi connectivity index (χ3v) is 7.09. The molecule has 0 bridgehead atoms. The summed E-state index contributed by atoms with van der Waals surface area (Å²) < 4.78 is 53.1. The molecule has 18 heteroatoms. The third kappa shape index (κ3) is 4.44. The molecule has 0 aliphatic carbocycles. The molecule has 6 N–H and O–H groups in total. The number of nitrogens with zero attached hydrogens (tertiary/aromatic N) is 3. The van der Waals surface area contributed by atoms with Crippen molar-refractivity contribution >= 4 is 44.1 Å². The van der Waals surface area contributed by atoms with Gasteiger partial charge in [0.1, 0.15) is 11.7 Å². The minimum Gasteiger partial charge on any atom is -0.387 e. The first-order chi connectivity index (χ1) is 13.8. The minimum absolute atomic E-state index is 0.147. The number of H-pyrrole nitrogens is 1. The van der Waals surface area contributed by atoms with E-state index in [-0.39, 0.29) is 17.1 Å². The number of alkyl halides is 2. The maximum atomic E-state index is 14.9. The first-order valence-electron chi connectivity index (χ1n) is 8.06. The highest BCUT2D eigenvalue weighted by Gasteiger charge is 2.57. The molecular formula is C12H17ClFN5O9P2. The van der Waals surface area contributed by atoms with Gasteiger partial charge in [0.2, 0.25) is 5.95 Å². The molecule has 1 aliphatic rings. The van der Waals surface area contributed by atoms with E-state index in [0.29, 0.717) is 6.66 Å². The molecule has 0 amide bonds. The number of nitrogen functional groups attached to an aromatic ring is 1. The van der Waals surface area contributed by atoms with Gasteiger partial charge in [-0.2, -0.15) is 4.98 Å². The fourth-order valence-electron chi connectivity index (χ4n) is 2.84. The van der Waals surface area contributed by atoms with Gasteiger partial charge in [0.05, 0.1) is 18.8 Å². The summed E-state index contributed by atoms with van der Waals surface area (Å²) in [6.07, 6.45) is -4.73. The molecule has 3 heterocycles. The Morgan fingerprint density at radius 1 is 1.50 bits per heavy atom. The number of hydrogen-bond acceptors (Lipinski definition) is 10. The van der Waals surface area contributed by atoms with Crippen LogP contribution in [0.2, 0.25) is 0 Å². The third-order valence-electron chi connectivity index (χ3n) is 4.15. The Bertz CT molecular complexity index is 1110. The van der Waals surface area contributed by atoms with Crippen molar-refractivity contribution in [3.05, 3.63) is 16.7 Å². The second-order valence-electron chi connectivity index (χ2n) is 6.50. The summed E-state index contributed by atoms with van der Waals surface area (Å²) in [6, 6.07) is 0. The quantitative estimate of drug-likeness (QED) is 0.253. The average Bonchev–Trinajstić information content (AvgIpc) is 3.12. The molecular weight excluding hydrogens is 475 g/mol. The summed E-state index contributed by atoms with van der Waals surface area (Å²) in [4.78, 5) is 40.4. The number of aromatic nitrogens is 4. The summed E-state index contributed by atoms with van der Waals surface area (Å²) in [7, 11) is -9.49. The number of fused-ring (bicyclic) bond motifs is 1. The molecule has 6 atom stereocenters. The minimum atomic E-state index is -5.08. The highest BCUT2D eigenvalue weighted by atomic mass is 35.5. The average molecular weight is 492 g/mol. The van der Waals surface area contributed by atoms with Crippen LogP contribution in [0.25, 0.3) is 11.2 Å². The van der Waals surface area contributed by atoms with Gasteiger partial charge in [0.15, 0.2) is 23.6 Å². The van der Waals surface area contributed by atoms with Crippen molar-refractivity contribution in [3.63, 3.8) is 0 Å². The molecule has 0 radical (unpaired) electrons. The highest BCUT2D eigenvalue weighted by molar-refractivity contribution is 7.63. The maximum absolute atomic E-state index is 14.9. The molecule has 30 heavy (non-hydrogen) atoms. The van der Waals surface area contributed by atoms with Crippen LogP contribution in [-0.2, 0) is 22.7 Å². The zero-order valence-electron chi connectivity index (χ0n) is 15.1. The molecule has 1 fully saturated rings. The number of phosphoric ester groups is 1. The number of aliphatic hydroxyl groups is 1. The van der Waals surface area contributed by atoms with Crippen LogP contribution in [-0.4, -0.2) is 71.4 Å². The molecule has 1 saturated heterocycles. The van der Waals surface area contributed by atoms with E-state index in [2.05, 4.69) is 23.8 Å². The van der Waals surface area contributed by atoms with E-state index in [1.54, 1.807) is 0 Å². The Balaban J connectivity index is 1.90. The topological polar surface area (TPSA) is 212 Å². The first kappa shape index (κ1) is 23.3. The van der Waals surface area contributed by atoms with E-state index in [9.17, 15) is 28.3 Å². The lowest BCUT2D eigenvalue weighted by Crippen LogP contribution is -2.47. The van der Waals surface area contributed by atoms with E-state index in [0.717, 1.165) is 10.9 Å². The number of aromatic amines is 1. The maximum Gasteiger partial charge on any atom is 0.479 e. The molecule has 0 spiro atoms. The van der Waals surface area contributed by atoms with Crippen molar-refractivity contribution in [1.29, 1.82) is 0 Å². The highest BCUT2D eigenvalue weighted by Crippen LogP contribution is 2.58. The molecule has 1 aliphatic heterocycles. The molecule has 168 valence electrons. The second kappa shape index (κ2) is 7.93. The summed E-state index contributed by atoms with van der Waals surface area (Å²) in [5.74, 6) is -0.891. The summed E-state index contributed by atoms with van der Waals surface area (Å²) in [6.45, 7) is -0.333. The van der Waals surface area contributed by atoms with Gasteiger partial charge in [-0.1, -0.05) is 0 Å². The summed E-state index contributed by atoms with van der Waals surface area (Å²) in [5, 5.41) is 10.4. The predicted molar refractivity (Wildman–Crippen MR) is 99.6 cm³/mol. The molecule has 2 aromatic heterocycles. The van der Waals surface area contributed by atoms with Crippen LogP contribution >= 0.6 is 27.0 Å². The van der Waals surface area contributed by atoms with Gasteiger partial charge in [-0.25, -0.2) is 18.3 Å². The van der Waals surface area contributed by atoms with Crippen molar-refractivity contribution in [2.45, 2.75) is 24.1 Å². The van der Waals surface area contributed by atoms with E-state index in [1.807, 2.05) is 0 Å². The Morgan fingerprint density at radius 3 is 2.77 bits per heavy atom. The van der Waals surface area contributed by atoms with E-state index < -0.39 is 57.6 Å². The Hall–Kier alpha value is -1.41. The molecule has 14 nitrogen and oxygen atoms in total. The molecule has 2 aromatic rings. The lowest BCUT2D eigenvalue weighted by molar-refractivity contribution is -0.111. The Morgan fingerprint density at radius 2 is 2.17 bits per heavy atom. The normalized spacial score (nSPS) is 30.9. The number of anilines is 1. The van der Waals surface area contributed by atoms with Crippen molar-refractivity contribution in [3.8, 4) is 0 Å². The molecule has 0 aromatic carbocycles. The van der Waals surface area contributed by atoms with Crippen LogP contribution in [0.15, 0.2) is 11.1 Å². The zero-order valence-corrected chi connectivity index (χ0v) is 17.6. The largest absolute Gasteiger partial charge is 0.479 e. The van der Waals surface area contributed by atoms with Crippen molar-refractivity contribution in [2.24, 2.45) is 0 Å². The van der Waals surface area contributed by atoms with Crippen LogP contribution in [0.1, 0.15) is 6.23 Å². The van der Waals surface area contributed by atoms with Crippen LogP contribution in [0.3, 0.4) is 0 Å². The van der Waals surface area contributed by atoms with Crippen LogP contribution in [0, 0.1) is 0 Å². The van der Waals surface area contributed by atoms with Gasteiger partial charge >= 0.3 is 15.4 Å². The van der Waals surface area contributed by atoms with Crippen LogP contribution < -0.4 is 11.3 Å². The second-order valence-corrected chi connectivity index (χ2v) is 10.2. The Kier molecular flexibility index (Phi) is 6.15. The first-order valence-corrected chi connectivity index (χ1v) is 12.1. The van der Waals surface area contributed by atoms with Gasteiger partial charge in [0.25, 0.3) is 5.56 Å². The monoisotopic (exact) mass is 491 g/mol. The number of halogens is 2. The van der Waals surface area contributed by atoms with Crippen molar-refractivity contribution in [1.82, 2.24) is 19.5 Å². The number of rotatable bonds is 7. The van der Waals surface area contributed by atoms with Crippen LogP contribution in [0.5, 0.6) is 0 Å². The van der Waals surface area contributed by atoms with Crippen molar-refractivity contribution in [2.75, 3.05) is 24.9 Å². The number of ether oxygens (including phenoxy) is 1. The molecule has 3 rings (SSSR count). The summed E-state index contributed by atoms with van der Waals surface area (Å²) >= 11 is 5.82. The number of nitrogens with two attached hydrogens (primary N) is 1. The van der Waals surface area contributed by atoms with Crippen molar-refractivity contribution < 1.29 is 42.0 Å². The SMILES string of the molecule is CP(=O)(O)OP(=O)(O)OC[C@@]1(CCl)O[C@@H](n2cnc3c(=O)[nH]c(N)nc32)[C@H](F)[C@@H]1O.